The number of aromatic nitrogens is 2. The monoisotopic (exact) mass is 391 g/mol. The molecule has 0 unspecified atom stereocenters. The molecule has 1 aromatic heterocycles. The lowest BCUT2D eigenvalue weighted by Crippen LogP contribution is -2.32. The Hall–Kier alpha value is -3.28. The summed E-state index contributed by atoms with van der Waals surface area (Å²) in [5, 5.41) is 14.9. The van der Waals surface area contributed by atoms with E-state index < -0.39 is 0 Å². The van der Waals surface area contributed by atoms with Gasteiger partial charge in [-0.05, 0) is 44.0 Å². The van der Waals surface area contributed by atoms with Gasteiger partial charge in [-0.2, -0.15) is 5.10 Å². The first kappa shape index (κ1) is 19.1. The highest BCUT2D eigenvalue weighted by atomic mass is 16.5. The van der Waals surface area contributed by atoms with Crippen molar-refractivity contribution in [1.82, 2.24) is 14.7 Å². The molecule has 0 spiro atoms. The minimum absolute atomic E-state index is 0.0705. The minimum atomic E-state index is -0.0705. The first-order valence-corrected chi connectivity index (χ1v) is 9.85. The number of phenols is 1. The average molecular weight is 391 g/mol. The highest BCUT2D eigenvalue weighted by Crippen LogP contribution is 2.38. The fourth-order valence-electron chi connectivity index (χ4n) is 3.65. The largest absolute Gasteiger partial charge is 0.504 e. The van der Waals surface area contributed by atoms with E-state index in [2.05, 4.69) is 5.10 Å². The second-order valence-corrected chi connectivity index (χ2v) is 7.41. The molecular weight excluding hydrogens is 366 g/mol. The van der Waals surface area contributed by atoms with E-state index in [1.807, 2.05) is 51.1 Å². The molecule has 6 nitrogen and oxygen atoms in total. The lowest BCUT2D eigenvalue weighted by Gasteiger charge is -2.19. The highest BCUT2D eigenvalue weighted by molar-refractivity contribution is 5.95. The van der Waals surface area contributed by atoms with Gasteiger partial charge in [0, 0.05) is 24.8 Å². The zero-order valence-electron chi connectivity index (χ0n) is 17.0. The summed E-state index contributed by atoms with van der Waals surface area (Å²) in [5.74, 6) is 0.485. The molecule has 0 saturated heterocycles. The Morgan fingerprint density at radius 2 is 1.93 bits per heavy atom. The van der Waals surface area contributed by atoms with Crippen LogP contribution in [0.5, 0.6) is 11.5 Å². The number of aryl methyl sites for hydroxylation is 3. The molecular formula is C23H25N3O3. The van der Waals surface area contributed by atoms with Crippen molar-refractivity contribution in [2.45, 2.75) is 33.9 Å². The first-order valence-electron chi connectivity index (χ1n) is 9.85. The van der Waals surface area contributed by atoms with E-state index in [0.29, 0.717) is 37.6 Å². The molecule has 0 atom stereocenters. The normalized spacial score (nSPS) is 13.6. The van der Waals surface area contributed by atoms with Crippen molar-refractivity contribution in [3.63, 3.8) is 0 Å². The Morgan fingerprint density at radius 3 is 2.62 bits per heavy atom. The van der Waals surface area contributed by atoms with E-state index in [4.69, 9.17) is 4.74 Å². The summed E-state index contributed by atoms with van der Waals surface area (Å²) < 4.78 is 7.57. The molecule has 4 rings (SSSR count). The van der Waals surface area contributed by atoms with Crippen LogP contribution < -0.4 is 4.74 Å². The number of nitrogens with zero attached hydrogens (tertiary/aromatic N) is 3. The Labute approximate surface area is 170 Å². The Bertz CT molecular complexity index is 1050. The zero-order chi connectivity index (χ0) is 20.5. The van der Waals surface area contributed by atoms with Gasteiger partial charge in [0.25, 0.3) is 5.91 Å². The van der Waals surface area contributed by atoms with Crippen molar-refractivity contribution in [1.29, 1.82) is 0 Å². The lowest BCUT2D eigenvalue weighted by atomic mass is 10.0. The average Bonchev–Trinajstić information content (AvgIpc) is 2.95. The number of hydrogen-bond donors (Lipinski definition) is 1. The number of rotatable bonds is 3. The zero-order valence-corrected chi connectivity index (χ0v) is 17.0. The number of carbonyl (C=O) groups excluding carboxylic acids is 1. The highest BCUT2D eigenvalue weighted by Gasteiger charge is 2.25. The topological polar surface area (TPSA) is 67.6 Å². The minimum Gasteiger partial charge on any atom is -0.504 e. The molecule has 0 saturated carbocycles. The van der Waals surface area contributed by atoms with Crippen LogP contribution in [0.2, 0.25) is 0 Å². The molecule has 29 heavy (non-hydrogen) atoms. The van der Waals surface area contributed by atoms with Crippen molar-refractivity contribution < 1.29 is 14.6 Å². The molecule has 1 aliphatic heterocycles. The number of hydrogen-bond acceptors (Lipinski definition) is 4. The Morgan fingerprint density at radius 1 is 1.17 bits per heavy atom. The van der Waals surface area contributed by atoms with Gasteiger partial charge in [0.2, 0.25) is 0 Å². The van der Waals surface area contributed by atoms with Crippen LogP contribution >= 0.6 is 0 Å². The molecule has 1 N–H and O–H groups in total. The second kappa shape index (κ2) is 7.62. The number of fused-ring (bicyclic) bond motifs is 1. The SMILES string of the molecule is CCn1cc(C(=O)N2CCOc3c(O)cc(-c4ccc(C)cc4)cc3C2)c(C)n1. The predicted molar refractivity (Wildman–Crippen MR) is 111 cm³/mol. The molecule has 2 heterocycles. The summed E-state index contributed by atoms with van der Waals surface area (Å²) in [7, 11) is 0. The van der Waals surface area contributed by atoms with Crippen LogP contribution in [0.15, 0.2) is 42.6 Å². The van der Waals surface area contributed by atoms with Gasteiger partial charge in [0.15, 0.2) is 11.5 Å². The number of carbonyl (C=O) groups is 1. The van der Waals surface area contributed by atoms with Crippen LogP contribution in [0.1, 0.15) is 34.1 Å². The van der Waals surface area contributed by atoms with Gasteiger partial charge in [-0.3, -0.25) is 9.48 Å². The van der Waals surface area contributed by atoms with Gasteiger partial charge in [-0.15, -0.1) is 0 Å². The summed E-state index contributed by atoms with van der Waals surface area (Å²) in [6, 6.07) is 11.8. The maximum Gasteiger partial charge on any atom is 0.257 e. The van der Waals surface area contributed by atoms with Gasteiger partial charge < -0.3 is 14.7 Å². The van der Waals surface area contributed by atoms with Gasteiger partial charge in [0.1, 0.15) is 6.61 Å². The molecule has 0 aliphatic carbocycles. The summed E-state index contributed by atoms with van der Waals surface area (Å²) in [6.45, 7) is 7.75. The van der Waals surface area contributed by atoms with Crippen LogP contribution in [-0.4, -0.2) is 38.8 Å². The molecule has 1 aliphatic rings. The first-order chi connectivity index (χ1) is 14.0. The summed E-state index contributed by atoms with van der Waals surface area (Å²) in [6.07, 6.45) is 1.80. The fourth-order valence-corrected chi connectivity index (χ4v) is 3.65. The van der Waals surface area contributed by atoms with Crippen molar-refractivity contribution >= 4 is 5.91 Å². The van der Waals surface area contributed by atoms with Crippen LogP contribution in [0, 0.1) is 13.8 Å². The van der Waals surface area contributed by atoms with E-state index >= 15 is 0 Å². The Kier molecular flexibility index (Phi) is 5.01. The number of benzene rings is 2. The van der Waals surface area contributed by atoms with Crippen LogP contribution in [0.3, 0.4) is 0 Å². The smallest absolute Gasteiger partial charge is 0.257 e. The van der Waals surface area contributed by atoms with Crippen molar-refractivity contribution in [3.05, 3.63) is 65.0 Å². The van der Waals surface area contributed by atoms with Gasteiger partial charge in [-0.25, -0.2) is 0 Å². The molecule has 150 valence electrons. The van der Waals surface area contributed by atoms with Gasteiger partial charge in [-0.1, -0.05) is 29.8 Å². The molecule has 0 fully saturated rings. The van der Waals surface area contributed by atoms with Gasteiger partial charge >= 0.3 is 0 Å². The van der Waals surface area contributed by atoms with Crippen LogP contribution in [0.25, 0.3) is 11.1 Å². The molecule has 1 amide bonds. The molecule has 6 heteroatoms. The molecule has 3 aromatic rings. The standard InChI is InChI=1S/C23H25N3O3/c1-4-26-14-20(16(3)24-26)23(28)25-9-10-29-22-19(13-25)11-18(12-21(22)27)17-7-5-15(2)6-8-17/h5-8,11-12,14,27H,4,9-10,13H2,1-3H3. The number of ether oxygens (including phenoxy) is 1. The lowest BCUT2D eigenvalue weighted by molar-refractivity contribution is 0.0732. The predicted octanol–water partition coefficient (Wildman–Crippen LogP) is 3.93. The van der Waals surface area contributed by atoms with Crippen molar-refractivity contribution in [2.24, 2.45) is 0 Å². The number of amides is 1. The van der Waals surface area contributed by atoms with Crippen molar-refractivity contribution in [2.75, 3.05) is 13.2 Å². The summed E-state index contributed by atoms with van der Waals surface area (Å²) >= 11 is 0. The third-order valence-corrected chi connectivity index (χ3v) is 5.29. The molecule has 0 radical (unpaired) electrons. The maximum absolute atomic E-state index is 13.1. The fraction of sp³-hybridized carbons (Fsp3) is 0.304. The number of phenolic OH excluding ortho intramolecular Hbond substituents is 1. The quantitative estimate of drug-likeness (QED) is 0.735. The third-order valence-electron chi connectivity index (χ3n) is 5.29. The second-order valence-electron chi connectivity index (χ2n) is 7.41. The summed E-state index contributed by atoms with van der Waals surface area (Å²) in [4.78, 5) is 14.9. The third kappa shape index (κ3) is 3.70. The van der Waals surface area contributed by atoms with E-state index in [0.717, 1.165) is 22.4 Å². The van der Waals surface area contributed by atoms with E-state index in [1.165, 1.54) is 5.56 Å². The van der Waals surface area contributed by atoms with E-state index in [-0.39, 0.29) is 11.7 Å². The Balaban J connectivity index is 1.67. The summed E-state index contributed by atoms with van der Waals surface area (Å²) in [5.41, 5.74) is 5.21. The van der Waals surface area contributed by atoms with Crippen LogP contribution in [0.4, 0.5) is 0 Å². The molecule has 0 bridgehead atoms. The van der Waals surface area contributed by atoms with E-state index in [1.54, 1.807) is 21.8 Å². The van der Waals surface area contributed by atoms with Crippen LogP contribution in [-0.2, 0) is 13.1 Å². The molecule has 2 aromatic carbocycles. The van der Waals surface area contributed by atoms with Gasteiger partial charge in [0.05, 0.1) is 17.8 Å². The number of aromatic hydroxyl groups is 1. The van der Waals surface area contributed by atoms with Crippen molar-refractivity contribution in [3.8, 4) is 22.6 Å². The van der Waals surface area contributed by atoms with E-state index in [9.17, 15) is 9.90 Å². The maximum atomic E-state index is 13.1.